The van der Waals surface area contributed by atoms with Crippen molar-refractivity contribution in [1.82, 2.24) is 0 Å². The zero-order chi connectivity index (χ0) is 21.0. The number of hydrogen-bond donors (Lipinski definition) is 0. The molecular formula is C26H52OS. The number of Topliss-reactive ketones (excluding diaryl/α,β-unsaturated/α-hetero) is 1. The number of unbranched alkanes of at least 4 members (excludes halogenated alkanes) is 7. The Balaban J connectivity index is 0.000000576. The molecule has 1 unspecified atom stereocenters. The van der Waals surface area contributed by atoms with E-state index in [1.807, 2.05) is 13.8 Å². The fourth-order valence-corrected chi connectivity index (χ4v) is 5.18. The van der Waals surface area contributed by atoms with Gasteiger partial charge in [0.25, 0.3) is 0 Å². The van der Waals surface area contributed by atoms with Crippen LogP contribution in [0.25, 0.3) is 0 Å². The van der Waals surface area contributed by atoms with Gasteiger partial charge >= 0.3 is 0 Å². The topological polar surface area (TPSA) is 17.1 Å². The van der Waals surface area contributed by atoms with Crippen molar-refractivity contribution in [1.29, 1.82) is 0 Å². The summed E-state index contributed by atoms with van der Waals surface area (Å²) in [5, 5.41) is 0. The lowest BCUT2D eigenvalue weighted by Crippen LogP contribution is -2.05. The van der Waals surface area contributed by atoms with Crippen LogP contribution < -0.4 is 0 Å². The molecule has 0 aromatic heterocycles. The van der Waals surface area contributed by atoms with Gasteiger partial charge in [-0.25, -0.2) is 0 Å². The maximum Gasteiger partial charge on any atom is 0.135 e. The minimum absolute atomic E-state index is 0.233. The Hall–Kier alpha value is 0.0200. The van der Waals surface area contributed by atoms with Crippen LogP contribution >= 0.6 is 11.8 Å². The van der Waals surface area contributed by atoms with Crippen molar-refractivity contribution in [2.75, 3.05) is 11.5 Å². The van der Waals surface area contributed by atoms with Crippen molar-refractivity contribution in [3.05, 3.63) is 0 Å². The quantitative estimate of drug-likeness (QED) is 0.235. The molecule has 1 fully saturated rings. The average molecular weight is 413 g/mol. The molecule has 0 bridgehead atoms. The van der Waals surface area contributed by atoms with Gasteiger partial charge in [-0.05, 0) is 49.0 Å². The largest absolute Gasteiger partial charge is 0.299 e. The minimum atomic E-state index is 0.233. The zero-order valence-corrected chi connectivity index (χ0v) is 20.9. The van der Waals surface area contributed by atoms with Crippen LogP contribution in [0.2, 0.25) is 0 Å². The van der Waals surface area contributed by atoms with E-state index in [4.69, 9.17) is 0 Å². The molecule has 1 nitrogen and oxygen atoms in total. The molecule has 1 atom stereocenters. The third kappa shape index (κ3) is 18.1. The van der Waals surface area contributed by atoms with Crippen LogP contribution in [0.4, 0.5) is 0 Å². The average Bonchev–Trinajstić information content (AvgIpc) is 3.19. The van der Waals surface area contributed by atoms with Crippen molar-refractivity contribution in [2.24, 2.45) is 17.8 Å². The Bertz CT molecular complexity index is 333. The van der Waals surface area contributed by atoms with Crippen LogP contribution in [0.1, 0.15) is 131 Å². The molecule has 0 spiro atoms. The Morgan fingerprint density at radius 3 is 2.00 bits per heavy atom. The molecule has 0 aromatic carbocycles. The van der Waals surface area contributed by atoms with Crippen LogP contribution in [0.5, 0.6) is 0 Å². The molecule has 1 saturated carbocycles. The summed E-state index contributed by atoms with van der Waals surface area (Å²) in [4.78, 5) is 11.1. The van der Waals surface area contributed by atoms with Crippen LogP contribution in [-0.4, -0.2) is 17.3 Å². The normalized spacial score (nSPS) is 15.5. The zero-order valence-electron chi connectivity index (χ0n) is 20.1. The van der Waals surface area contributed by atoms with Gasteiger partial charge in [-0.1, -0.05) is 98.8 Å². The Kier molecular flexibility index (Phi) is 20.3. The van der Waals surface area contributed by atoms with Gasteiger partial charge < -0.3 is 0 Å². The van der Waals surface area contributed by atoms with Crippen molar-refractivity contribution in [2.45, 2.75) is 131 Å². The van der Waals surface area contributed by atoms with E-state index >= 15 is 0 Å². The first kappa shape index (κ1) is 28.0. The maximum atomic E-state index is 11.1. The fraction of sp³-hybridized carbons (Fsp3) is 0.962. The number of thioether (sulfide) groups is 1. The standard InChI is InChI=1S/C16H32S.C10H20O/c1-3-4-5-6-7-10-15(2)13-17-14-16-11-8-9-12-16;1-4-5-6-7-8-10(11)9(2)3/h15-16H,3-14H2,1-2H3;9H,4-8H2,1-3H3. The molecule has 28 heavy (non-hydrogen) atoms. The molecule has 0 aromatic rings. The molecule has 0 heterocycles. The predicted molar refractivity (Wildman–Crippen MR) is 130 cm³/mol. The Morgan fingerprint density at radius 2 is 1.43 bits per heavy atom. The second-order valence-corrected chi connectivity index (χ2v) is 10.5. The highest BCUT2D eigenvalue weighted by Gasteiger charge is 2.15. The van der Waals surface area contributed by atoms with Gasteiger partial charge in [0.2, 0.25) is 0 Å². The first-order valence-corrected chi connectivity index (χ1v) is 13.8. The van der Waals surface area contributed by atoms with Gasteiger partial charge in [0.05, 0.1) is 0 Å². The first-order valence-electron chi connectivity index (χ1n) is 12.6. The summed E-state index contributed by atoms with van der Waals surface area (Å²) in [6.45, 7) is 10.9. The van der Waals surface area contributed by atoms with Crippen LogP contribution in [0, 0.1) is 17.8 Å². The van der Waals surface area contributed by atoms with Gasteiger partial charge in [-0.2, -0.15) is 11.8 Å². The van der Waals surface area contributed by atoms with Crippen molar-refractivity contribution in [3.63, 3.8) is 0 Å². The van der Waals surface area contributed by atoms with E-state index < -0.39 is 0 Å². The molecule has 0 radical (unpaired) electrons. The van der Waals surface area contributed by atoms with Gasteiger partial charge in [0.15, 0.2) is 0 Å². The molecule has 0 saturated heterocycles. The summed E-state index contributed by atoms with van der Waals surface area (Å²) in [7, 11) is 0. The van der Waals surface area contributed by atoms with E-state index in [2.05, 4.69) is 32.5 Å². The van der Waals surface area contributed by atoms with E-state index in [1.54, 1.807) is 0 Å². The lowest BCUT2D eigenvalue weighted by atomic mass is 10.0. The lowest BCUT2D eigenvalue weighted by molar-refractivity contribution is -0.122. The second kappa shape index (κ2) is 20.3. The summed E-state index contributed by atoms with van der Waals surface area (Å²) >= 11 is 2.23. The smallest absolute Gasteiger partial charge is 0.135 e. The molecule has 0 aliphatic heterocycles. The van der Waals surface area contributed by atoms with E-state index in [9.17, 15) is 4.79 Å². The fourth-order valence-electron chi connectivity index (χ4n) is 3.81. The van der Waals surface area contributed by atoms with E-state index in [0.717, 1.165) is 24.7 Å². The third-order valence-electron chi connectivity index (χ3n) is 5.95. The van der Waals surface area contributed by atoms with Crippen molar-refractivity contribution >= 4 is 17.5 Å². The summed E-state index contributed by atoms with van der Waals surface area (Å²) in [5.41, 5.74) is 0. The molecule has 1 aliphatic rings. The van der Waals surface area contributed by atoms with E-state index in [0.29, 0.717) is 5.78 Å². The minimum Gasteiger partial charge on any atom is -0.299 e. The van der Waals surface area contributed by atoms with Gasteiger partial charge in [0, 0.05) is 12.3 Å². The highest BCUT2D eigenvalue weighted by Crippen LogP contribution is 2.29. The second-order valence-electron chi connectivity index (χ2n) is 9.43. The predicted octanol–water partition coefficient (Wildman–Crippen LogP) is 9.09. The molecule has 1 aliphatic carbocycles. The van der Waals surface area contributed by atoms with Crippen molar-refractivity contribution < 1.29 is 4.79 Å². The molecule has 2 heteroatoms. The Morgan fingerprint density at radius 1 is 0.857 bits per heavy atom. The molecule has 0 amide bonds. The first-order chi connectivity index (χ1) is 13.5. The van der Waals surface area contributed by atoms with Crippen LogP contribution in [0.15, 0.2) is 0 Å². The lowest BCUT2D eigenvalue weighted by Gasteiger charge is -2.13. The van der Waals surface area contributed by atoms with Gasteiger partial charge in [-0.15, -0.1) is 0 Å². The van der Waals surface area contributed by atoms with Gasteiger partial charge in [0.1, 0.15) is 5.78 Å². The molecular weight excluding hydrogens is 360 g/mol. The Labute approximate surface area is 182 Å². The number of ketones is 1. The molecule has 1 rings (SSSR count). The molecule has 168 valence electrons. The van der Waals surface area contributed by atoms with Crippen molar-refractivity contribution in [3.8, 4) is 0 Å². The third-order valence-corrected chi connectivity index (χ3v) is 7.46. The summed E-state index contributed by atoms with van der Waals surface area (Å²) in [6.07, 6.45) is 20.3. The molecule has 0 N–H and O–H groups in total. The van der Waals surface area contributed by atoms with E-state index in [-0.39, 0.29) is 5.92 Å². The highest BCUT2D eigenvalue weighted by molar-refractivity contribution is 7.99. The van der Waals surface area contributed by atoms with Gasteiger partial charge in [-0.3, -0.25) is 4.79 Å². The van der Waals surface area contributed by atoms with Crippen LogP contribution in [0.3, 0.4) is 0 Å². The van der Waals surface area contributed by atoms with E-state index in [1.165, 1.54) is 95.0 Å². The van der Waals surface area contributed by atoms with Crippen LogP contribution in [-0.2, 0) is 4.79 Å². The summed E-state index contributed by atoms with van der Waals surface area (Å²) in [5.74, 6) is 5.52. The maximum absolute atomic E-state index is 11.1. The number of carbonyl (C=O) groups excluding carboxylic acids is 1. The summed E-state index contributed by atoms with van der Waals surface area (Å²) < 4.78 is 0. The number of rotatable bonds is 16. The SMILES string of the molecule is CCCCCCC(=O)C(C)C.CCCCCCCC(C)CSCC1CCCC1. The number of hydrogen-bond acceptors (Lipinski definition) is 2. The highest BCUT2D eigenvalue weighted by atomic mass is 32.2. The summed E-state index contributed by atoms with van der Waals surface area (Å²) in [6, 6.07) is 0. The monoisotopic (exact) mass is 412 g/mol. The number of carbonyl (C=O) groups is 1.